The van der Waals surface area contributed by atoms with E-state index < -0.39 is 5.91 Å². The van der Waals surface area contributed by atoms with Crippen LogP contribution in [0.15, 0.2) is 48.7 Å². The maximum absolute atomic E-state index is 11.2. The van der Waals surface area contributed by atoms with Gasteiger partial charge in [0.05, 0.1) is 11.2 Å². The van der Waals surface area contributed by atoms with Crippen LogP contribution in [0.5, 0.6) is 0 Å². The van der Waals surface area contributed by atoms with Gasteiger partial charge in [-0.1, -0.05) is 31.2 Å². The molecule has 0 fully saturated rings. The summed E-state index contributed by atoms with van der Waals surface area (Å²) in [7, 11) is 0. The molecule has 0 aliphatic carbocycles. The lowest BCUT2D eigenvalue weighted by Gasteiger charge is -2.14. The summed E-state index contributed by atoms with van der Waals surface area (Å²) in [5, 5.41) is 13.3. The Kier molecular flexibility index (Phi) is 5.23. The highest BCUT2D eigenvalue weighted by Crippen LogP contribution is 2.25. The second-order valence-electron chi connectivity index (χ2n) is 7.11. The highest BCUT2D eigenvalue weighted by Gasteiger charge is 2.20. The van der Waals surface area contributed by atoms with Crippen LogP contribution in [0.3, 0.4) is 0 Å². The van der Waals surface area contributed by atoms with Gasteiger partial charge < -0.3 is 0 Å². The van der Waals surface area contributed by atoms with E-state index in [1.807, 2.05) is 22.8 Å². The third-order valence-electron chi connectivity index (χ3n) is 5.29. The predicted octanol–water partition coefficient (Wildman–Crippen LogP) is 2.97. The Morgan fingerprint density at radius 3 is 2.93 bits per heavy atom. The molecule has 28 heavy (non-hydrogen) atoms. The summed E-state index contributed by atoms with van der Waals surface area (Å²) in [6, 6.07) is 12.5. The van der Waals surface area contributed by atoms with E-state index in [0.29, 0.717) is 0 Å². The average Bonchev–Trinajstić information content (AvgIpc) is 3.30. The lowest BCUT2D eigenvalue weighted by molar-refractivity contribution is -0.124. The molecule has 2 N–H and O–H groups in total. The number of hydrogen-bond donors (Lipinski definition) is 2. The van der Waals surface area contributed by atoms with Crippen molar-refractivity contribution in [3.05, 3.63) is 76.6 Å². The first-order valence-corrected chi connectivity index (χ1v) is 9.59. The monoisotopic (exact) mass is 376 g/mol. The third kappa shape index (κ3) is 3.69. The Labute approximate surface area is 164 Å². The minimum atomic E-state index is -0.526. The molecule has 0 saturated heterocycles. The fourth-order valence-electron chi connectivity index (χ4n) is 3.88. The summed E-state index contributed by atoms with van der Waals surface area (Å²) in [6.07, 6.45) is 6.96. The van der Waals surface area contributed by atoms with E-state index >= 15 is 0 Å². The molecule has 1 aliphatic rings. The minimum Gasteiger partial charge on any atom is -0.294 e. The van der Waals surface area contributed by atoms with Gasteiger partial charge in [0.2, 0.25) is 0 Å². The van der Waals surface area contributed by atoms with Crippen molar-refractivity contribution in [3.8, 4) is 0 Å². The van der Waals surface area contributed by atoms with Crippen molar-refractivity contribution in [1.82, 2.24) is 20.0 Å². The van der Waals surface area contributed by atoms with Crippen molar-refractivity contribution >= 4 is 17.5 Å². The first-order chi connectivity index (χ1) is 13.7. The minimum absolute atomic E-state index is 0.526. The number of amides is 1. The summed E-state index contributed by atoms with van der Waals surface area (Å²) in [6.45, 7) is 4.99. The van der Waals surface area contributed by atoms with Crippen LogP contribution in [0.4, 0.5) is 0 Å². The number of hydroxylamine groups is 1. The molecule has 0 bridgehead atoms. The van der Waals surface area contributed by atoms with E-state index in [1.165, 1.54) is 34.0 Å². The molecule has 0 spiro atoms. The number of nitrogens with zero attached hydrogens (tertiary/aromatic N) is 3. The van der Waals surface area contributed by atoms with Gasteiger partial charge in [-0.3, -0.25) is 14.9 Å². The molecule has 3 aromatic rings. The van der Waals surface area contributed by atoms with Gasteiger partial charge in [0, 0.05) is 37.5 Å². The van der Waals surface area contributed by atoms with Crippen molar-refractivity contribution in [2.75, 3.05) is 6.54 Å². The van der Waals surface area contributed by atoms with Gasteiger partial charge in [-0.15, -0.1) is 0 Å². The number of rotatable bonds is 6. The van der Waals surface area contributed by atoms with Crippen LogP contribution in [0.25, 0.3) is 11.6 Å². The summed E-state index contributed by atoms with van der Waals surface area (Å²) in [5.74, 6) is -0.526. The molecule has 1 aliphatic heterocycles. The Morgan fingerprint density at radius 2 is 2.11 bits per heavy atom. The van der Waals surface area contributed by atoms with Crippen molar-refractivity contribution in [2.45, 2.75) is 32.9 Å². The van der Waals surface area contributed by atoms with Crippen LogP contribution in [0.1, 0.15) is 34.9 Å². The highest BCUT2D eigenvalue weighted by atomic mass is 16.5. The molecule has 1 amide bonds. The fraction of sp³-hybridized carbons (Fsp3) is 0.273. The predicted molar refractivity (Wildman–Crippen MR) is 108 cm³/mol. The van der Waals surface area contributed by atoms with Gasteiger partial charge in [-0.2, -0.15) is 5.10 Å². The van der Waals surface area contributed by atoms with Crippen LogP contribution in [-0.2, 0) is 30.7 Å². The molecule has 144 valence electrons. The van der Waals surface area contributed by atoms with Gasteiger partial charge in [-0.05, 0) is 47.7 Å². The summed E-state index contributed by atoms with van der Waals surface area (Å²) >= 11 is 0. The van der Waals surface area contributed by atoms with Crippen molar-refractivity contribution in [3.63, 3.8) is 0 Å². The van der Waals surface area contributed by atoms with Gasteiger partial charge in [0.25, 0.3) is 5.91 Å². The second-order valence-corrected chi connectivity index (χ2v) is 7.11. The number of hydrogen-bond acceptors (Lipinski definition) is 4. The SMILES string of the molecule is CCc1nn2ccccc2c1CCN1Cc2ccc(C=CC(=O)NO)cc2C1. The summed E-state index contributed by atoms with van der Waals surface area (Å²) in [4.78, 5) is 13.6. The van der Waals surface area contributed by atoms with Crippen molar-refractivity contribution in [2.24, 2.45) is 0 Å². The van der Waals surface area contributed by atoms with E-state index in [4.69, 9.17) is 10.3 Å². The number of fused-ring (bicyclic) bond motifs is 2. The highest BCUT2D eigenvalue weighted by molar-refractivity contribution is 5.90. The van der Waals surface area contributed by atoms with Gasteiger partial charge in [-0.25, -0.2) is 10.00 Å². The van der Waals surface area contributed by atoms with Crippen LogP contribution >= 0.6 is 0 Å². The zero-order valence-corrected chi connectivity index (χ0v) is 15.9. The number of carbonyl (C=O) groups excluding carboxylic acids is 1. The Bertz CT molecular complexity index is 1040. The molecule has 6 nitrogen and oxygen atoms in total. The molecule has 6 heteroatoms. The van der Waals surface area contributed by atoms with Crippen molar-refractivity contribution < 1.29 is 10.0 Å². The van der Waals surface area contributed by atoms with E-state index in [0.717, 1.165) is 38.0 Å². The van der Waals surface area contributed by atoms with E-state index in [9.17, 15) is 4.79 Å². The molecule has 0 unspecified atom stereocenters. The topological polar surface area (TPSA) is 69.9 Å². The van der Waals surface area contributed by atoms with Crippen LogP contribution in [-0.4, -0.2) is 32.2 Å². The van der Waals surface area contributed by atoms with Crippen LogP contribution < -0.4 is 5.48 Å². The van der Waals surface area contributed by atoms with Gasteiger partial charge in [0.1, 0.15) is 0 Å². The molecular formula is C22H24N4O2. The Morgan fingerprint density at radius 1 is 1.25 bits per heavy atom. The molecule has 4 rings (SSSR count). The average molecular weight is 376 g/mol. The summed E-state index contributed by atoms with van der Waals surface area (Å²) in [5.41, 5.74) is 8.91. The van der Waals surface area contributed by atoms with Crippen LogP contribution in [0.2, 0.25) is 0 Å². The molecule has 1 aromatic carbocycles. The first-order valence-electron chi connectivity index (χ1n) is 9.59. The molecule has 2 aromatic heterocycles. The van der Waals surface area contributed by atoms with E-state index in [-0.39, 0.29) is 0 Å². The van der Waals surface area contributed by atoms with Crippen molar-refractivity contribution in [1.29, 1.82) is 0 Å². The van der Waals surface area contributed by atoms with Gasteiger partial charge in [0.15, 0.2) is 0 Å². The zero-order valence-electron chi connectivity index (χ0n) is 15.9. The maximum Gasteiger partial charge on any atom is 0.267 e. The lowest BCUT2D eigenvalue weighted by Crippen LogP contribution is -2.19. The number of aromatic nitrogens is 2. The normalized spacial score (nSPS) is 14.1. The smallest absolute Gasteiger partial charge is 0.267 e. The molecule has 0 saturated carbocycles. The van der Waals surface area contributed by atoms with Crippen LogP contribution in [0, 0.1) is 0 Å². The zero-order chi connectivity index (χ0) is 19.5. The standard InChI is InChI=1S/C22H24N4O2/c1-2-20-19(21-5-3-4-11-26(21)23-20)10-12-25-14-17-8-6-16(13-18(17)15-25)7-9-22(27)24-28/h3-9,11,13,28H,2,10,12,14-15H2,1H3,(H,24,27). The fourth-order valence-corrected chi connectivity index (χ4v) is 3.88. The summed E-state index contributed by atoms with van der Waals surface area (Å²) < 4.78 is 1.98. The quantitative estimate of drug-likeness (QED) is 0.394. The number of aryl methyl sites for hydroxylation is 1. The molecule has 0 radical (unpaired) electrons. The number of carbonyl (C=O) groups is 1. The molecule has 3 heterocycles. The Hall–Kier alpha value is -2.96. The lowest BCUT2D eigenvalue weighted by atomic mass is 10.1. The maximum atomic E-state index is 11.2. The number of pyridine rings is 1. The van der Waals surface area contributed by atoms with Gasteiger partial charge >= 0.3 is 0 Å². The first kappa shape index (κ1) is 18.4. The molecule has 0 atom stereocenters. The van der Waals surface area contributed by atoms with E-state index in [2.05, 4.69) is 36.1 Å². The number of nitrogens with one attached hydrogen (secondary N) is 1. The molecular weight excluding hydrogens is 352 g/mol. The number of benzene rings is 1. The van der Waals surface area contributed by atoms with E-state index in [1.54, 1.807) is 11.6 Å². The Balaban J connectivity index is 1.45. The third-order valence-corrected chi connectivity index (χ3v) is 5.29. The largest absolute Gasteiger partial charge is 0.294 e. The second kappa shape index (κ2) is 7.96.